The molecule has 0 aliphatic carbocycles. The van der Waals surface area contributed by atoms with E-state index < -0.39 is 0 Å². The number of hydrogen-bond donors (Lipinski definition) is 0. The number of rotatable bonds is 7. The van der Waals surface area contributed by atoms with E-state index in [-0.39, 0.29) is 0 Å². The van der Waals surface area contributed by atoms with E-state index in [4.69, 9.17) is 0 Å². The number of para-hydroxylation sites is 4. The maximum Gasteiger partial charge on any atom is 0.0561 e. The minimum absolute atomic E-state index is 1.09. The average Bonchev–Trinajstić information content (AvgIpc) is 3.80. The summed E-state index contributed by atoms with van der Waals surface area (Å²) in [5.74, 6) is 0. The van der Waals surface area contributed by atoms with Crippen LogP contribution in [0.25, 0.3) is 77.2 Å². The first-order valence-electron chi connectivity index (χ1n) is 19.5. The van der Waals surface area contributed by atoms with Gasteiger partial charge in [0.1, 0.15) is 0 Å². The van der Waals surface area contributed by atoms with Gasteiger partial charge in [-0.05, 0) is 101 Å². The quantitative estimate of drug-likeness (QED) is 0.159. The lowest BCUT2D eigenvalue weighted by atomic mass is 10.0. The monoisotopic (exact) mass is 727 g/mol. The van der Waals surface area contributed by atoms with E-state index in [1.54, 1.807) is 0 Å². The molecule has 268 valence electrons. The molecule has 0 bridgehead atoms. The minimum atomic E-state index is 1.09. The van der Waals surface area contributed by atoms with Gasteiger partial charge in [0.2, 0.25) is 0 Å². The summed E-state index contributed by atoms with van der Waals surface area (Å²) >= 11 is 0. The van der Waals surface area contributed by atoms with Crippen molar-refractivity contribution in [3.05, 3.63) is 224 Å². The van der Waals surface area contributed by atoms with Gasteiger partial charge < -0.3 is 14.0 Å². The summed E-state index contributed by atoms with van der Waals surface area (Å²) in [5.41, 5.74) is 15.1. The van der Waals surface area contributed by atoms with Crippen LogP contribution in [-0.2, 0) is 0 Å². The van der Waals surface area contributed by atoms with Crippen LogP contribution in [0.2, 0.25) is 0 Å². The first kappa shape index (κ1) is 32.8. The van der Waals surface area contributed by atoms with E-state index in [9.17, 15) is 0 Å². The molecule has 0 saturated heterocycles. The number of hydrogen-bond acceptors (Lipinski definition) is 1. The third kappa shape index (κ3) is 5.60. The molecule has 0 saturated carbocycles. The summed E-state index contributed by atoms with van der Waals surface area (Å²) in [7, 11) is 0. The number of fused-ring (bicyclic) bond motifs is 6. The summed E-state index contributed by atoms with van der Waals surface area (Å²) in [6.45, 7) is 0. The zero-order valence-electron chi connectivity index (χ0n) is 31.2. The molecule has 9 aromatic carbocycles. The van der Waals surface area contributed by atoms with Gasteiger partial charge in [0, 0.05) is 50.0 Å². The average molecular weight is 728 g/mol. The molecular formula is C54H37N3. The lowest BCUT2D eigenvalue weighted by molar-refractivity contribution is 1.18. The standard InChI is InChI=1S/C54H37N3/c1-3-13-38(14-4-1)39-23-29-43(30-24-39)55(46-35-36-50-49-19-9-12-22-53(49)57(54(50)37-46)42-15-5-2-6-16-42)44-31-25-40(26-32-44)41-27-33-45(34-28-41)56-51-20-10-7-17-47(51)48-18-8-11-21-52(48)56/h1-37H. The van der Waals surface area contributed by atoms with Crippen molar-refractivity contribution < 1.29 is 0 Å². The molecule has 0 unspecified atom stereocenters. The molecule has 2 aromatic heterocycles. The van der Waals surface area contributed by atoms with Crippen LogP contribution in [0.3, 0.4) is 0 Å². The summed E-state index contributed by atoms with van der Waals surface area (Å²) in [6.07, 6.45) is 0. The summed E-state index contributed by atoms with van der Waals surface area (Å²) < 4.78 is 4.75. The maximum atomic E-state index is 2.39. The van der Waals surface area contributed by atoms with Crippen molar-refractivity contribution in [2.24, 2.45) is 0 Å². The second-order valence-electron chi connectivity index (χ2n) is 14.6. The Kier molecular flexibility index (Phi) is 7.82. The van der Waals surface area contributed by atoms with Crippen LogP contribution in [-0.4, -0.2) is 9.13 Å². The Balaban J connectivity index is 1.00. The van der Waals surface area contributed by atoms with Crippen LogP contribution >= 0.6 is 0 Å². The lowest BCUT2D eigenvalue weighted by Gasteiger charge is -2.26. The summed E-state index contributed by atoms with van der Waals surface area (Å²) in [5, 5.41) is 5.02. The molecule has 0 aliphatic rings. The van der Waals surface area contributed by atoms with Gasteiger partial charge in [-0.2, -0.15) is 0 Å². The van der Waals surface area contributed by atoms with Crippen molar-refractivity contribution in [3.63, 3.8) is 0 Å². The van der Waals surface area contributed by atoms with Gasteiger partial charge in [0.25, 0.3) is 0 Å². The molecule has 0 radical (unpaired) electrons. The smallest absolute Gasteiger partial charge is 0.0561 e. The Bertz CT molecular complexity index is 3140. The van der Waals surface area contributed by atoms with Crippen LogP contribution < -0.4 is 4.90 Å². The predicted molar refractivity (Wildman–Crippen MR) is 241 cm³/mol. The summed E-state index contributed by atoms with van der Waals surface area (Å²) in [4.78, 5) is 2.37. The summed E-state index contributed by atoms with van der Waals surface area (Å²) in [6, 6.07) is 81.0. The molecule has 2 heterocycles. The van der Waals surface area contributed by atoms with Gasteiger partial charge >= 0.3 is 0 Å². The Labute approximate surface area is 331 Å². The van der Waals surface area contributed by atoms with E-state index in [0.717, 1.165) is 28.4 Å². The molecule has 11 rings (SSSR count). The van der Waals surface area contributed by atoms with Crippen LogP contribution in [0.5, 0.6) is 0 Å². The van der Waals surface area contributed by atoms with Crippen LogP contribution in [0, 0.1) is 0 Å². The zero-order valence-corrected chi connectivity index (χ0v) is 31.2. The van der Waals surface area contributed by atoms with Crippen molar-refractivity contribution in [1.29, 1.82) is 0 Å². The molecule has 57 heavy (non-hydrogen) atoms. The number of aromatic nitrogens is 2. The maximum absolute atomic E-state index is 2.39. The fraction of sp³-hybridized carbons (Fsp3) is 0. The highest BCUT2D eigenvalue weighted by atomic mass is 15.1. The van der Waals surface area contributed by atoms with E-state index in [2.05, 4.69) is 238 Å². The Morgan fingerprint density at radius 2 is 0.596 bits per heavy atom. The first-order valence-corrected chi connectivity index (χ1v) is 19.5. The van der Waals surface area contributed by atoms with E-state index in [0.29, 0.717) is 0 Å². The molecule has 11 aromatic rings. The zero-order chi connectivity index (χ0) is 37.7. The van der Waals surface area contributed by atoms with E-state index >= 15 is 0 Å². The molecule has 0 N–H and O–H groups in total. The SMILES string of the molecule is c1ccc(-c2ccc(N(c3ccc(-c4ccc(-n5c6ccccc6c6ccccc65)cc4)cc3)c3ccc4c5ccccc5n(-c5ccccc5)c4c3)cc2)cc1. The van der Waals surface area contributed by atoms with Gasteiger partial charge in [0.05, 0.1) is 22.1 Å². The molecule has 0 aliphatic heterocycles. The van der Waals surface area contributed by atoms with Crippen LogP contribution in [0.15, 0.2) is 224 Å². The molecule has 0 fully saturated rings. The highest BCUT2D eigenvalue weighted by Crippen LogP contribution is 2.41. The van der Waals surface area contributed by atoms with E-state index in [1.807, 2.05) is 0 Å². The highest BCUT2D eigenvalue weighted by molar-refractivity contribution is 6.11. The molecular weight excluding hydrogens is 691 g/mol. The van der Waals surface area contributed by atoms with E-state index in [1.165, 1.54) is 65.9 Å². The third-order valence-electron chi connectivity index (χ3n) is 11.3. The van der Waals surface area contributed by atoms with Crippen molar-refractivity contribution in [2.75, 3.05) is 4.90 Å². The van der Waals surface area contributed by atoms with Gasteiger partial charge in [0.15, 0.2) is 0 Å². The molecule has 0 amide bonds. The highest BCUT2D eigenvalue weighted by Gasteiger charge is 2.18. The van der Waals surface area contributed by atoms with Crippen molar-refractivity contribution >= 4 is 60.7 Å². The number of benzene rings is 9. The molecule has 3 heteroatoms. The van der Waals surface area contributed by atoms with Gasteiger partial charge in [-0.25, -0.2) is 0 Å². The fourth-order valence-corrected chi connectivity index (χ4v) is 8.64. The number of nitrogens with zero attached hydrogens (tertiary/aromatic N) is 3. The van der Waals surface area contributed by atoms with Crippen molar-refractivity contribution in [3.8, 4) is 33.6 Å². The lowest BCUT2D eigenvalue weighted by Crippen LogP contribution is -2.10. The normalized spacial score (nSPS) is 11.5. The largest absolute Gasteiger partial charge is 0.310 e. The second-order valence-corrected chi connectivity index (χ2v) is 14.6. The Morgan fingerprint density at radius 3 is 1.11 bits per heavy atom. The van der Waals surface area contributed by atoms with Gasteiger partial charge in [-0.3, -0.25) is 0 Å². The van der Waals surface area contributed by atoms with Crippen molar-refractivity contribution in [1.82, 2.24) is 9.13 Å². The fourth-order valence-electron chi connectivity index (χ4n) is 8.64. The van der Waals surface area contributed by atoms with Gasteiger partial charge in [-0.1, -0.05) is 146 Å². The third-order valence-corrected chi connectivity index (χ3v) is 11.3. The van der Waals surface area contributed by atoms with Crippen LogP contribution in [0.1, 0.15) is 0 Å². The first-order chi connectivity index (χ1) is 28.3. The van der Waals surface area contributed by atoms with Crippen molar-refractivity contribution in [2.45, 2.75) is 0 Å². The Hall–Kier alpha value is -7.62. The minimum Gasteiger partial charge on any atom is -0.310 e. The topological polar surface area (TPSA) is 13.1 Å². The second kappa shape index (κ2) is 13.6. The Morgan fingerprint density at radius 1 is 0.246 bits per heavy atom. The number of anilines is 3. The molecule has 0 spiro atoms. The molecule has 3 nitrogen and oxygen atoms in total. The van der Waals surface area contributed by atoms with Gasteiger partial charge in [-0.15, -0.1) is 0 Å². The molecule has 0 atom stereocenters. The predicted octanol–water partition coefficient (Wildman–Crippen LogP) is 14.7. The van der Waals surface area contributed by atoms with Crippen LogP contribution in [0.4, 0.5) is 17.1 Å².